The first-order valence-electron chi connectivity index (χ1n) is 6.12. The summed E-state index contributed by atoms with van der Waals surface area (Å²) in [6, 6.07) is 0. The normalized spacial score (nSPS) is 26.6. The van der Waals surface area contributed by atoms with E-state index in [1.54, 1.807) is 0 Å². The number of carbonyl (C=O) groups excluding carboxylic acids is 1. The molecular formula is C12H21N3O2S. The Morgan fingerprint density at radius 3 is 2.89 bits per heavy atom. The minimum Gasteiger partial charge on any atom is -0.453 e. The van der Waals surface area contributed by atoms with Gasteiger partial charge in [0, 0.05) is 6.42 Å². The van der Waals surface area contributed by atoms with Gasteiger partial charge in [-0.15, -0.1) is 0 Å². The van der Waals surface area contributed by atoms with Crippen molar-refractivity contribution < 1.29 is 9.53 Å². The predicted molar refractivity (Wildman–Crippen MR) is 74.3 cm³/mol. The molecule has 4 N–H and O–H groups in total. The van der Waals surface area contributed by atoms with Crippen molar-refractivity contribution in [1.29, 1.82) is 0 Å². The fourth-order valence-electron chi connectivity index (χ4n) is 2.03. The van der Waals surface area contributed by atoms with Gasteiger partial charge in [0.15, 0.2) is 10.7 Å². The second-order valence-corrected chi connectivity index (χ2v) is 5.23. The molecule has 1 rings (SSSR count). The summed E-state index contributed by atoms with van der Waals surface area (Å²) in [5.41, 5.74) is 10.5. The zero-order valence-corrected chi connectivity index (χ0v) is 11.7. The van der Waals surface area contributed by atoms with Gasteiger partial charge in [0.05, 0.1) is 11.6 Å². The number of rotatable bonds is 6. The van der Waals surface area contributed by atoms with E-state index in [4.69, 9.17) is 10.5 Å². The molecule has 1 fully saturated rings. The minimum absolute atomic E-state index is 0.0432. The number of cyclic esters (lactones) is 1. The van der Waals surface area contributed by atoms with E-state index in [1.807, 2.05) is 6.92 Å². The topological polar surface area (TPSA) is 76.4 Å². The summed E-state index contributed by atoms with van der Waals surface area (Å²) in [4.78, 5) is 11.8. The van der Waals surface area contributed by atoms with Crippen molar-refractivity contribution in [2.24, 2.45) is 11.7 Å². The maximum absolute atomic E-state index is 11.8. The fourth-order valence-corrected chi connectivity index (χ4v) is 2.08. The number of nitrogens with one attached hydrogen (secondary N) is 2. The van der Waals surface area contributed by atoms with Crippen LogP contribution >= 0.6 is 12.2 Å². The molecular weight excluding hydrogens is 250 g/mol. The lowest BCUT2D eigenvalue weighted by molar-refractivity contribution is -0.147. The van der Waals surface area contributed by atoms with E-state index in [0.29, 0.717) is 12.1 Å². The molecule has 1 aliphatic rings. The fraction of sp³-hybridized carbons (Fsp3) is 0.667. The summed E-state index contributed by atoms with van der Waals surface area (Å²) in [5, 5.41) is 0.117. The van der Waals surface area contributed by atoms with Crippen molar-refractivity contribution >= 4 is 23.3 Å². The van der Waals surface area contributed by atoms with Gasteiger partial charge in [-0.25, -0.2) is 0 Å². The molecule has 1 aliphatic heterocycles. The van der Waals surface area contributed by atoms with Crippen molar-refractivity contribution in [2.75, 3.05) is 0 Å². The highest BCUT2D eigenvalue weighted by molar-refractivity contribution is 7.80. The third kappa shape index (κ3) is 3.60. The third-order valence-corrected chi connectivity index (χ3v) is 3.28. The predicted octanol–water partition coefficient (Wildman–Crippen LogP) is 1.35. The van der Waals surface area contributed by atoms with Gasteiger partial charge in [-0.2, -0.15) is 0 Å². The van der Waals surface area contributed by atoms with Gasteiger partial charge in [-0.1, -0.05) is 26.3 Å². The molecule has 0 amide bonds. The first-order valence-corrected chi connectivity index (χ1v) is 6.53. The van der Waals surface area contributed by atoms with Crippen LogP contribution in [0.5, 0.6) is 0 Å². The monoisotopic (exact) mass is 271 g/mol. The highest BCUT2D eigenvalue weighted by atomic mass is 32.1. The zero-order valence-electron chi connectivity index (χ0n) is 10.9. The summed E-state index contributed by atoms with van der Waals surface area (Å²) in [6.07, 6.45) is 3.60. The van der Waals surface area contributed by atoms with Crippen LogP contribution in [0.1, 0.15) is 39.5 Å². The quantitative estimate of drug-likeness (QED) is 0.384. The van der Waals surface area contributed by atoms with Crippen molar-refractivity contribution in [3.63, 3.8) is 0 Å². The number of carbonyl (C=O) groups is 1. The molecule has 0 unspecified atom stereocenters. The van der Waals surface area contributed by atoms with Gasteiger partial charge in [0.25, 0.3) is 0 Å². The number of hydrazine groups is 1. The molecule has 2 atom stereocenters. The van der Waals surface area contributed by atoms with E-state index in [0.717, 1.165) is 19.3 Å². The van der Waals surface area contributed by atoms with Crippen LogP contribution in [-0.4, -0.2) is 16.7 Å². The van der Waals surface area contributed by atoms with Crippen molar-refractivity contribution in [3.05, 3.63) is 12.3 Å². The minimum atomic E-state index is -0.701. The lowest BCUT2D eigenvalue weighted by atomic mass is 9.90. The Morgan fingerprint density at radius 2 is 2.33 bits per heavy atom. The van der Waals surface area contributed by atoms with Gasteiger partial charge in [-0.05, 0) is 25.6 Å². The highest BCUT2D eigenvalue weighted by Crippen LogP contribution is 2.37. The number of unbranched alkanes of at least 4 members (excludes halogenated alkanes) is 1. The van der Waals surface area contributed by atoms with Crippen molar-refractivity contribution in [1.82, 2.24) is 10.9 Å². The molecule has 0 spiro atoms. The smallest absolute Gasteiger partial charge is 0.310 e. The average molecular weight is 271 g/mol. The van der Waals surface area contributed by atoms with E-state index < -0.39 is 5.60 Å². The molecule has 6 heteroatoms. The summed E-state index contributed by atoms with van der Waals surface area (Å²) in [7, 11) is 0. The maximum atomic E-state index is 11.8. The number of hydrogen-bond acceptors (Lipinski definition) is 4. The van der Waals surface area contributed by atoms with E-state index >= 15 is 0 Å². The van der Waals surface area contributed by atoms with Crippen LogP contribution in [0.2, 0.25) is 0 Å². The summed E-state index contributed by atoms with van der Waals surface area (Å²) in [6.45, 7) is 7.81. The largest absolute Gasteiger partial charge is 0.453 e. The number of nitrogens with two attached hydrogens (primary N) is 1. The van der Waals surface area contributed by atoms with Gasteiger partial charge < -0.3 is 10.5 Å². The van der Waals surface area contributed by atoms with Gasteiger partial charge >= 0.3 is 5.97 Å². The highest BCUT2D eigenvalue weighted by Gasteiger charge is 2.45. The summed E-state index contributed by atoms with van der Waals surface area (Å²) in [5.74, 6) is -0.192. The standard InChI is InChI=1S/C12H21N3O2S/c1-4-5-6-9-7-12(3,17-10(9)16)8(2)14-15-11(13)18/h9,14H,2,4-7H2,1,3H3,(H3,13,15,18)/t9-,12+/m0/s1. The Kier molecular flexibility index (Phi) is 4.95. The number of thiocarbonyl (C=S) groups is 1. The first kappa shape index (κ1) is 14.8. The molecule has 0 bridgehead atoms. The second-order valence-electron chi connectivity index (χ2n) is 4.79. The van der Waals surface area contributed by atoms with Crippen molar-refractivity contribution in [3.8, 4) is 0 Å². The molecule has 0 aromatic carbocycles. The molecule has 0 aliphatic carbocycles. The molecule has 1 heterocycles. The Balaban J connectivity index is 2.57. The van der Waals surface area contributed by atoms with E-state index in [9.17, 15) is 4.79 Å². The van der Waals surface area contributed by atoms with Crippen LogP contribution in [0.25, 0.3) is 0 Å². The number of esters is 1. The number of hydrogen-bond donors (Lipinski definition) is 3. The summed E-state index contributed by atoms with van der Waals surface area (Å²) >= 11 is 4.68. The van der Waals surface area contributed by atoms with Crippen LogP contribution in [-0.2, 0) is 9.53 Å². The van der Waals surface area contributed by atoms with Gasteiger partial charge in [0.2, 0.25) is 0 Å². The van der Waals surface area contributed by atoms with E-state index in [1.165, 1.54) is 0 Å². The summed E-state index contributed by atoms with van der Waals surface area (Å²) < 4.78 is 5.43. The van der Waals surface area contributed by atoms with E-state index in [-0.39, 0.29) is 17.0 Å². The molecule has 102 valence electrons. The third-order valence-electron chi connectivity index (χ3n) is 3.18. The first-order chi connectivity index (χ1) is 8.39. The van der Waals surface area contributed by atoms with Crippen LogP contribution in [0, 0.1) is 5.92 Å². The lowest BCUT2D eigenvalue weighted by Gasteiger charge is -2.26. The van der Waals surface area contributed by atoms with Crippen LogP contribution < -0.4 is 16.6 Å². The second kappa shape index (κ2) is 6.04. The van der Waals surface area contributed by atoms with Crippen LogP contribution in [0.15, 0.2) is 12.3 Å². The average Bonchev–Trinajstić information content (AvgIpc) is 2.59. The Hall–Kier alpha value is -1.30. The van der Waals surface area contributed by atoms with Crippen LogP contribution in [0.3, 0.4) is 0 Å². The number of ether oxygens (including phenoxy) is 1. The molecule has 0 saturated carbocycles. The maximum Gasteiger partial charge on any atom is 0.310 e. The molecule has 0 aromatic rings. The molecule has 0 aromatic heterocycles. The molecule has 5 nitrogen and oxygen atoms in total. The van der Waals surface area contributed by atoms with Crippen LogP contribution in [0.4, 0.5) is 0 Å². The zero-order chi connectivity index (χ0) is 13.8. The van der Waals surface area contributed by atoms with Crippen molar-refractivity contribution in [2.45, 2.75) is 45.1 Å². The Bertz CT molecular complexity index is 359. The molecule has 18 heavy (non-hydrogen) atoms. The van der Waals surface area contributed by atoms with Gasteiger partial charge in [-0.3, -0.25) is 15.6 Å². The Morgan fingerprint density at radius 1 is 1.67 bits per heavy atom. The Labute approximate surface area is 113 Å². The lowest BCUT2D eigenvalue weighted by Crippen LogP contribution is -2.46. The van der Waals surface area contributed by atoms with Gasteiger partial charge in [0.1, 0.15) is 0 Å². The van der Waals surface area contributed by atoms with E-state index in [2.05, 4.69) is 36.6 Å². The molecule has 1 saturated heterocycles. The molecule has 0 radical (unpaired) electrons. The SMILES string of the molecule is C=C(NNC(N)=S)[C@@]1(C)C[C@H](CCCC)C(=O)O1.